The fraction of sp³-hybridized carbons (Fsp3) is 0.200. The van der Waals surface area contributed by atoms with Gasteiger partial charge in [0.15, 0.2) is 0 Å². The average molecular weight is 401 g/mol. The van der Waals surface area contributed by atoms with Gasteiger partial charge in [-0.25, -0.2) is 4.39 Å². The van der Waals surface area contributed by atoms with Crippen molar-refractivity contribution in [2.75, 3.05) is 4.90 Å². The molecule has 0 saturated carbocycles. The van der Waals surface area contributed by atoms with Crippen LogP contribution in [0.1, 0.15) is 30.0 Å². The Morgan fingerprint density at radius 3 is 2.20 bits per heavy atom. The zero-order valence-electron chi connectivity index (χ0n) is 16.5. The van der Waals surface area contributed by atoms with Gasteiger partial charge in [-0.2, -0.15) is 0 Å². The highest BCUT2D eigenvalue weighted by atomic mass is 19.1. The number of carbonyl (C=O) groups excluding carboxylic acids is 2. The maximum atomic E-state index is 15.0. The molecule has 0 aromatic heterocycles. The van der Waals surface area contributed by atoms with E-state index in [9.17, 15) is 9.59 Å². The summed E-state index contributed by atoms with van der Waals surface area (Å²) in [4.78, 5) is 28.3. The lowest BCUT2D eigenvalue weighted by molar-refractivity contribution is -0.223. The molecule has 150 valence electrons. The van der Waals surface area contributed by atoms with Crippen molar-refractivity contribution in [1.82, 2.24) is 0 Å². The van der Waals surface area contributed by atoms with Crippen LogP contribution < -0.4 is 4.90 Å². The Bertz CT molecular complexity index is 1150. The third-order valence-electron chi connectivity index (χ3n) is 6.36. The second-order valence-electron chi connectivity index (χ2n) is 7.71. The van der Waals surface area contributed by atoms with E-state index in [1.807, 2.05) is 67.6 Å². The Labute approximate surface area is 173 Å². The third kappa shape index (κ3) is 2.15. The highest BCUT2D eigenvalue weighted by Gasteiger charge is 2.77. The standard InChI is InChI=1S/C25H20FNO3/c1-2-24(18-12-7-4-8-13-18)23(29)30-25(24)19-14-9-15-20(26)21(19)27(22(25)28)16-17-10-5-3-6-11-17/h3-15H,2,16H2,1H3/t24-,25-/m1/s1. The van der Waals surface area contributed by atoms with Crippen LogP contribution in [-0.4, -0.2) is 11.9 Å². The molecule has 3 aromatic carbocycles. The zero-order chi connectivity index (χ0) is 20.9. The normalized spacial score (nSPS) is 24.5. The SMILES string of the molecule is CC[C@@]1(c2ccccc2)C(=O)O[C@]12C(=O)N(Cc1ccccc1)c1c(F)cccc12. The van der Waals surface area contributed by atoms with E-state index >= 15 is 4.39 Å². The van der Waals surface area contributed by atoms with Gasteiger partial charge in [0, 0.05) is 5.56 Å². The first kappa shape index (κ1) is 18.6. The molecule has 2 heterocycles. The molecular weight excluding hydrogens is 381 g/mol. The second-order valence-corrected chi connectivity index (χ2v) is 7.71. The van der Waals surface area contributed by atoms with Crippen LogP contribution >= 0.6 is 0 Å². The van der Waals surface area contributed by atoms with Gasteiger partial charge in [-0.05, 0) is 23.6 Å². The van der Waals surface area contributed by atoms with Gasteiger partial charge < -0.3 is 9.64 Å². The quantitative estimate of drug-likeness (QED) is 0.606. The van der Waals surface area contributed by atoms with Crippen molar-refractivity contribution in [2.24, 2.45) is 0 Å². The summed E-state index contributed by atoms with van der Waals surface area (Å²) in [5.41, 5.74) is -0.592. The van der Waals surface area contributed by atoms with E-state index in [1.54, 1.807) is 12.1 Å². The van der Waals surface area contributed by atoms with Crippen LogP contribution in [0.25, 0.3) is 0 Å². The van der Waals surface area contributed by atoms with Crippen LogP contribution in [0.4, 0.5) is 10.1 Å². The van der Waals surface area contributed by atoms with E-state index in [0.717, 1.165) is 5.56 Å². The number of rotatable bonds is 4. The summed E-state index contributed by atoms with van der Waals surface area (Å²) < 4.78 is 20.8. The molecule has 3 aromatic rings. The van der Waals surface area contributed by atoms with Gasteiger partial charge in [-0.1, -0.05) is 79.7 Å². The molecule has 4 nitrogen and oxygen atoms in total. The topological polar surface area (TPSA) is 46.6 Å². The minimum atomic E-state index is -1.56. The lowest BCUT2D eigenvalue weighted by atomic mass is 9.59. The van der Waals surface area contributed by atoms with Crippen molar-refractivity contribution in [2.45, 2.75) is 30.9 Å². The Hall–Kier alpha value is -3.47. The van der Waals surface area contributed by atoms with Crippen molar-refractivity contribution in [1.29, 1.82) is 0 Å². The Morgan fingerprint density at radius 2 is 1.57 bits per heavy atom. The van der Waals surface area contributed by atoms with E-state index in [0.29, 0.717) is 17.5 Å². The molecule has 0 unspecified atom stereocenters. The first-order chi connectivity index (χ1) is 14.6. The van der Waals surface area contributed by atoms with Gasteiger partial charge in [0.25, 0.3) is 5.91 Å². The van der Waals surface area contributed by atoms with Crippen LogP contribution in [0.5, 0.6) is 0 Å². The molecule has 30 heavy (non-hydrogen) atoms. The van der Waals surface area contributed by atoms with Gasteiger partial charge >= 0.3 is 5.97 Å². The van der Waals surface area contributed by atoms with Gasteiger partial charge in [-0.15, -0.1) is 0 Å². The molecule has 0 bridgehead atoms. The van der Waals surface area contributed by atoms with E-state index < -0.39 is 28.7 Å². The first-order valence-corrected chi connectivity index (χ1v) is 10.00. The highest BCUT2D eigenvalue weighted by Crippen LogP contribution is 2.62. The minimum Gasteiger partial charge on any atom is -0.441 e. The van der Waals surface area contributed by atoms with Crippen molar-refractivity contribution in [3.05, 3.63) is 101 Å². The van der Waals surface area contributed by atoms with Gasteiger partial charge in [0.05, 0.1) is 12.2 Å². The monoisotopic (exact) mass is 401 g/mol. The fourth-order valence-electron chi connectivity index (χ4n) is 4.96. The molecule has 5 heteroatoms. The summed E-state index contributed by atoms with van der Waals surface area (Å²) in [5, 5.41) is 0. The summed E-state index contributed by atoms with van der Waals surface area (Å²) in [7, 11) is 0. The summed E-state index contributed by atoms with van der Waals surface area (Å²) in [5.74, 6) is -1.37. The molecule has 2 aliphatic rings. The number of amides is 1. The zero-order valence-corrected chi connectivity index (χ0v) is 16.5. The Morgan fingerprint density at radius 1 is 0.900 bits per heavy atom. The predicted molar refractivity (Wildman–Crippen MR) is 110 cm³/mol. The van der Waals surface area contributed by atoms with E-state index in [4.69, 9.17) is 4.74 Å². The number of fused-ring (bicyclic) bond motifs is 2. The fourth-order valence-corrected chi connectivity index (χ4v) is 4.96. The van der Waals surface area contributed by atoms with Crippen LogP contribution in [0.15, 0.2) is 78.9 Å². The summed E-state index contributed by atoms with van der Waals surface area (Å²) >= 11 is 0. The summed E-state index contributed by atoms with van der Waals surface area (Å²) in [6.07, 6.45) is 0.358. The molecule has 1 saturated heterocycles. The van der Waals surface area contributed by atoms with Gasteiger partial charge in [0.1, 0.15) is 11.2 Å². The lowest BCUT2D eigenvalue weighted by Gasteiger charge is -2.53. The largest absolute Gasteiger partial charge is 0.441 e. The number of ether oxygens (including phenoxy) is 1. The van der Waals surface area contributed by atoms with Crippen molar-refractivity contribution in [3.8, 4) is 0 Å². The number of halogens is 1. The Kier molecular flexibility index (Phi) is 4.03. The predicted octanol–water partition coefficient (Wildman–Crippen LogP) is 4.47. The van der Waals surface area contributed by atoms with Gasteiger partial charge in [-0.3, -0.25) is 9.59 Å². The van der Waals surface area contributed by atoms with Crippen molar-refractivity contribution >= 4 is 17.6 Å². The van der Waals surface area contributed by atoms with Crippen LogP contribution in [0, 0.1) is 5.82 Å². The van der Waals surface area contributed by atoms with Crippen molar-refractivity contribution < 1.29 is 18.7 Å². The number of hydrogen-bond acceptors (Lipinski definition) is 3. The third-order valence-corrected chi connectivity index (χ3v) is 6.36. The first-order valence-electron chi connectivity index (χ1n) is 10.00. The van der Waals surface area contributed by atoms with Gasteiger partial charge in [0.2, 0.25) is 5.60 Å². The lowest BCUT2D eigenvalue weighted by Crippen LogP contribution is -2.70. The van der Waals surface area contributed by atoms with E-state index in [1.165, 1.54) is 11.0 Å². The smallest absolute Gasteiger partial charge is 0.323 e. The molecule has 0 N–H and O–H groups in total. The van der Waals surface area contributed by atoms with Crippen molar-refractivity contribution in [3.63, 3.8) is 0 Å². The van der Waals surface area contributed by atoms with Crippen LogP contribution in [-0.2, 0) is 31.9 Å². The number of para-hydroxylation sites is 1. The van der Waals surface area contributed by atoms with Crippen LogP contribution in [0.3, 0.4) is 0 Å². The molecule has 2 atom stereocenters. The molecule has 1 spiro atoms. The molecule has 1 amide bonds. The number of hydrogen-bond donors (Lipinski definition) is 0. The number of benzene rings is 3. The maximum absolute atomic E-state index is 15.0. The number of anilines is 1. The summed E-state index contributed by atoms with van der Waals surface area (Å²) in [6, 6.07) is 23.2. The molecule has 0 radical (unpaired) electrons. The number of esters is 1. The second kappa shape index (κ2) is 6.52. The summed E-state index contributed by atoms with van der Waals surface area (Å²) in [6.45, 7) is 2.06. The van der Waals surface area contributed by atoms with E-state index in [2.05, 4.69) is 0 Å². The maximum Gasteiger partial charge on any atom is 0.323 e. The average Bonchev–Trinajstić information content (AvgIpc) is 3.01. The molecule has 2 aliphatic heterocycles. The molecule has 1 fully saturated rings. The highest BCUT2D eigenvalue weighted by molar-refractivity contribution is 6.16. The molecular formula is C25H20FNO3. The number of nitrogens with zero attached hydrogens (tertiary/aromatic N) is 1. The molecule has 0 aliphatic carbocycles. The molecule has 5 rings (SSSR count). The number of carbonyl (C=O) groups is 2. The Balaban J connectivity index is 1.73. The van der Waals surface area contributed by atoms with Crippen LogP contribution in [0.2, 0.25) is 0 Å². The van der Waals surface area contributed by atoms with E-state index in [-0.39, 0.29) is 12.2 Å². The minimum absolute atomic E-state index is 0.188.